The predicted octanol–water partition coefficient (Wildman–Crippen LogP) is 3.28. The number of nitrogens with zero attached hydrogens (tertiary/aromatic N) is 1. The van der Waals surface area contributed by atoms with Crippen LogP contribution in [0.5, 0.6) is 0 Å². The Morgan fingerprint density at radius 1 is 1.00 bits per heavy atom. The molecule has 0 unspecified atom stereocenters. The number of nitrogens with one attached hydrogen (secondary N) is 1. The van der Waals surface area contributed by atoms with Crippen LogP contribution in [-0.4, -0.2) is 23.2 Å². The number of Topliss-reactive ketones (excluding diaryl/α,β-unsaturated/α-hetero) is 1. The zero-order valence-electron chi connectivity index (χ0n) is 15.0. The van der Waals surface area contributed by atoms with E-state index in [1.807, 2.05) is 18.2 Å². The van der Waals surface area contributed by atoms with Gasteiger partial charge in [0, 0.05) is 42.8 Å². The molecule has 7 heteroatoms. The van der Waals surface area contributed by atoms with Gasteiger partial charge in [-0.3, -0.25) is 19.7 Å². The largest absolute Gasteiger partial charge is 0.398 e. The van der Waals surface area contributed by atoms with Gasteiger partial charge in [0.15, 0.2) is 0 Å². The Kier molecular flexibility index (Phi) is 7.49. The molecule has 0 aliphatic heterocycles. The van der Waals surface area contributed by atoms with E-state index in [2.05, 4.69) is 5.32 Å². The topological polar surface area (TPSA) is 115 Å². The number of nitrogens with two attached hydrogens (primary N) is 1. The molecule has 2 aromatic carbocycles. The number of unbranched alkanes of at least 4 members (excludes halogenated alkanes) is 2. The average molecular weight is 369 g/mol. The van der Waals surface area contributed by atoms with Gasteiger partial charge in [-0.2, -0.15) is 0 Å². The van der Waals surface area contributed by atoms with Crippen molar-refractivity contribution < 1.29 is 14.5 Å². The van der Waals surface area contributed by atoms with Crippen molar-refractivity contribution in [3.63, 3.8) is 0 Å². The number of anilines is 1. The smallest absolute Gasteiger partial charge is 0.269 e. The molecule has 1 amide bonds. The number of para-hydroxylation sites is 1. The maximum absolute atomic E-state index is 12.0. The molecule has 0 fully saturated rings. The summed E-state index contributed by atoms with van der Waals surface area (Å²) in [5.41, 5.74) is 7.67. The molecule has 0 bridgehead atoms. The molecule has 7 nitrogen and oxygen atoms in total. The predicted molar refractivity (Wildman–Crippen MR) is 103 cm³/mol. The summed E-state index contributed by atoms with van der Waals surface area (Å²) in [4.78, 5) is 34.0. The van der Waals surface area contributed by atoms with Gasteiger partial charge in [-0.05, 0) is 36.6 Å². The minimum Gasteiger partial charge on any atom is -0.398 e. The van der Waals surface area contributed by atoms with Crippen LogP contribution in [-0.2, 0) is 11.2 Å². The lowest BCUT2D eigenvalue weighted by Crippen LogP contribution is -2.24. The van der Waals surface area contributed by atoms with Gasteiger partial charge >= 0.3 is 0 Å². The molecule has 0 spiro atoms. The first-order valence-corrected chi connectivity index (χ1v) is 8.85. The number of carbonyl (C=O) groups excluding carboxylic acids is 2. The number of hydrogen-bond acceptors (Lipinski definition) is 5. The van der Waals surface area contributed by atoms with E-state index in [0.717, 1.165) is 24.8 Å². The summed E-state index contributed by atoms with van der Waals surface area (Å²) in [5.74, 6) is -0.108. The minimum absolute atomic E-state index is 0.0477. The Labute approximate surface area is 157 Å². The van der Waals surface area contributed by atoms with E-state index in [0.29, 0.717) is 30.6 Å². The van der Waals surface area contributed by atoms with Crippen molar-refractivity contribution in [1.82, 2.24) is 5.32 Å². The van der Waals surface area contributed by atoms with Gasteiger partial charge in [0.2, 0.25) is 0 Å². The zero-order chi connectivity index (χ0) is 19.6. The lowest BCUT2D eigenvalue weighted by molar-refractivity contribution is -0.384. The molecule has 0 heterocycles. The number of hydrogen-bond donors (Lipinski definition) is 2. The van der Waals surface area contributed by atoms with Gasteiger partial charge in [0.25, 0.3) is 11.6 Å². The number of amides is 1. The number of nitro groups is 1. The highest BCUT2D eigenvalue weighted by atomic mass is 16.6. The number of nitro benzene ring substituents is 1. The summed E-state index contributed by atoms with van der Waals surface area (Å²) in [6.45, 7) is 0.496. The lowest BCUT2D eigenvalue weighted by atomic mass is 10.0. The van der Waals surface area contributed by atoms with Crippen LogP contribution in [0.4, 0.5) is 11.4 Å². The molecule has 3 N–H and O–H groups in total. The molecule has 0 aromatic heterocycles. The molecule has 0 atom stereocenters. The third kappa shape index (κ3) is 6.54. The van der Waals surface area contributed by atoms with Crippen LogP contribution in [0.3, 0.4) is 0 Å². The lowest BCUT2D eigenvalue weighted by Gasteiger charge is -2.06. The number of carbonyl (C=O) groups is 2. The Morgan fingerprint density at radius 2 is 1.70 bits per heavy atom. The molecule has 27 heavy (non-hydrogen) atoms. The number of ketones is 1. The molecule has 0 aliphatic carbocycles. The molecule has 0 saturated carbocycles. The monoisotopic (exact) mass is 369 g/mol. The maximum atomic E-state index is 12.0. The van der Waals surface area contributed by atoms with Gasteiger partial charge in [-0.25, -0.2) is 0 Å². The molecule has 0 saturated heterocycles. The summed E-state index contributed by atoms with van der Waals surface area (Å²) in [7, 11) is 0. The van der Waals surface area contributed by atoms with Crippen LogP contribution >= 0.6 is 0 Å². The Morgan fingerprint density at radius 3 is 2.37 bits per heavy atom. The first-order valence-electron chi connectivity index (χ1n) is 8.85. The summed E-state index contributed by atoms with van der Waals surface area (Å²) < 4.78 is 0. The maximum Gasteiger partial charge on any atom is 0.269 e. The Bertz CT molecular complexity index is 803. The van der Waals surface area contributed by atoms with Gasteiger partial charge in [0.05, 0.1) is 4.92 Å². The molecule has 0 aliphatic rings. The van der Waals surface area contributed by atoms with Crippen molar-refractivity contribution >= 4 is 23.1 Å². The second kappa shape index (κ2) is 10.1. The van der Waals surface area contributed by atoms with E-state index in [4.69, 9.17) is 5.73 Å². The quantitative estimate of drug-likeness (QED) is 0.289. The van der Waals surface area contributed by atoms with Crippen molar-refractivity contribution in [3.05, 3.63) is 69.8 Å². The molecular formula is C20H23N3O4. The summed E-state index contributed by atoms with van der Waals surface area (Å²) in [6, 6.07) is 12.8. The van der Waals surface area contributed by atoms with Gasteiger partial charge in [-0.1, -0.05) is 24.6 Å². The van der Waals surface area contributed by atoms with Gasteiger partial charge in [-0.15, -0.1) is 0 Å². The Hall–Kier alpha value is -3.22. The summed E-state index contributed by atoms with van der Waals surface area (Å²) in [5, 5.41) is 13.4. The average Bonchev–Trinajstić information content (AvgIpc) is 2.66. The van der Waals surface area contributed by atoms with Crippen LogP contribution in [0.2, 0.25) is 0 Å². The number of rotatable bonds is 10. The highest BCUT2D eigenvalue weighted by molar-refractivity contribution is 5.94. The molecule has 142 valence electrons. The van der Waals surface area contributed by atoms with Crippen molar-refractivity contribution in [2.24, 2.45) is 0 Å². The number of nitrogen functional groups attached to an aromatic ring is 1. The van der Waals surface area contributed by atoms with E-state index in [1.165, 1.54) is 24.3 Å². The SMILES string of the molecule is Nc1ccccc1CC(=O)CCCCCNC(=O)c1ccc([N+](=O)[O-])cc1. The van der Waals surface area contributed by atoms with E-state index >= 15 is 0 Å². The van der Waals surface area contributed by atoms with E-state index in [-0.39, 0.29) is 17.4 Å². The Balaban J connectivity index is 1.61. The molecular weight excluding hydrogens is 346 g/mol. The fourth-order valence-corrected chi connectivity index (χ4v) is 2.66. The third-order valence-corrected chi connectivity index (χ3v) is 4.20. The second-order valence-electron chi connectivity index (χ2n) is 6.28. The zero-order valence-corrected chi connectivity index (χ0v) is 15.0. The summed E-state index contributed by atoms with van der Waals surface area (Å²) in [6.07, 6.45) is 3.20. The van der Waals surface area contributed by atoms with Gasteiger partial charge < -0.3 is 11.1 Å². The van der Waals surface area contributed by atoms with Crippen LogP contribution in [0.1, 0.15) is 41.6 Å². The van der Waals surface area contributed by atoms with Crippen molar-refractivity contribution in [2.45, 2.75) is 32.1 Å². The third-order valence-electron chi connectivity index (χ3n) is 4.20. The van der Waals surface area contributed by atoms with E-state index < -0.39 is 4.92 Å². The molecule has 0 radical (unpaired) electrons. The van der Waals surface area contributed by atoms with Crippen LogP contribution < -0.4 is 11.1 Å². The van der Waals surface area contributed by atoms with Crippen LogP contribution in [0.25, 0.3) is 0 Å². The molecule has 2 rings (SSSR count). The highest BCUT2D eigenvalue weighted by Gasteiger charge is 2.09. The van der Waals surface area contributed by atoms with Crippen LogP contribution in [0, 0.1) is 10.1 Å². The summed E-state index contributed by atoms with van der Waals surface area (Å²) >= 11 is 0. The first-order chi connectivity index (χ1) is 13.0. The fraction of sp³-hybridized carbons (Fsp3) is 0.300. The first kappa shape index (κ1) is 20.1. The van der Waals surface area contributed by atoms with E-state index in [1.54, 1.807) is 6.07 Å². The van der Waals surface area contributed by atoms with Crippen LogP contribution in [0.15, 0.2) is 48.5 Å². The van der Waals surface area contributed by atoms with E-state index in [9.17, 15) is 19.7 Å². The molecule has 2 aromatic rings. The highest BCUT2D eigenvalue weighted by Crippen LogP contribution is 2.14. The normalized spacial score (nSPS) is 10.4. The van der Waals surface area contributed by atoms with Crippen molar-refractivity contribution in [1.29, 1.82) is 0 Å². The number of non-ortho nitro benzene ring substituents is 1. The van der Waals surface area contributed by atoms with Crippen molar-refractivity contribution in [2.75, 3.05) is 12.3 Å². The standard InChI is InChI=1S/C20H23N3O4/c21-19-8-4-3-6-16(19)14-18(24)7-2-1-5-13-22-20(25)15-9-11-17(12-10-15)23(26)27/h3-4,6,8-12H,1-2,5,7,13-14,21H2,(H,22,25). The fourth-order valence-electron chi connectivity index (χ4n) is 2.66. The second-order valence-corrected chi connectivity index (χ2v) is 6.28. The number of benzene rings is 2. The van der Waals surface area contributed by atoms with Crippen molar-refractivity contribution in [3.8, 4) is 0 Å². The van der Waals surface area contributed by atoms with Gasteiger partial charge in [0.1, 0.15) is 5.78 Å². The minimum atomic E-state index is -0.505.